The number of nitro benzene ring substituents is 1. The van der Waals surface area contributed by atoms with Gasteiger partial charge in [-0.05, 0) is 25.1 Å². The van der Waals surface area contributed by atoms with E-state index in [1.807, 2.05) is 6.07 Å². The van der Waals surface area contributed by atoms with E-state index in [4.69, 9.17) is 10.00 Å². The van der Waals surface area contributed by atoms with Gasteiger partial charge in [0.25, 0.3) is 0 Å². The number of hydrogen-bond acceptors (Lipinski definition) is 5. The van der Waals surface area contributed by atoms with Crippen LogP contribution in [0.3, 0.4) is 0 Å². The Morgan fingerprint density at radius 2 is 2.41 bits per heavy atom. The normalized spacial score (nSPS) is 18.6. The fourth-order valence-corrected chi connectivity index (χ4v) is 1.74. The van der Waals surface area contributed by atoms with Gasteiger partial charge in [-0.15, -0.1) is 0 Å². The van der Waals surface area contributed by atoms with Gasteiger partial charge in [-0.2, -0.15) is 5.26 Å². The molecule has 1 saturated heterocycles. The van der Waals surface area contributed by atoms with E-state index >= 15 is 0 Å². The Kier molecular flexibility index (Phi) is 3.21. The van der Waals surface area contributed by atoms with Crippen LogP contribution in [0.25, 0.3) is 0 Å². The molecule has 1 aromatic carbocycles. The minimum absolute atomic E-state index is 0.0402. The molecule has 0 bridgehead atoms. The van der Waals surface area contributed by atoms with Gasteiger partial charge in [0, 0.05) is 12.6 Å². The van der Waals surface area contributed by atoms with Gasteiger partial charge < -0.3 is 10.1 Å². The van der Waals surface area contributed by atoms with Crippen molar-refractivity contribution in [3.63, 3.8) is 0 Å². The molecule has 88 valence electrons. The van der Waals surface area contributed by atoms with Crippen molar-refractivity contribution in [2.24, 2.45) is 0 Å². The van der Waals surface area contributed by atoms with E-state index in [1.165, 1.54) is 18.2 Å². The number of nitrogens with one attached hydrogen (secondary N) is 1. The van der Waals surface area contributed by atoms with Crippen molar-refractivity contribution in [3.05, 3.63) is 33.9 Å². The number of benzene rings is 1. The van der Waals surface area contributed by atoms with E-state index in [9.17, 15) is 10.1 Å². The number of nitrogens with zero attached hydrogens (tertiary/aromatic N) is 2. The summed E-state index contributed by atoms with van der Waals surface area (Å²) in [5, 5.41) is 22.7. The van der Waals surface area contributed by atoms with Gasteiger partial charge in [-0.1, -0.05) is 0 Å². The Bertz CT molecular complexity index is 475. The van der Waals surface area contributed by atoms with Crippen molar-refractivity contribution in [1.29, 1.82) is 5.26 Å². The lowest BCUT2D eigenvalue weighted by molar-refractivity contribution is -0.386. The number of nitriles is 1. The summed E-state index contributed by atoms with van der Waals surface area (Å²) < 4.78 is 5.55. The second-order valence-corrected chi connectivity index (χ2v) is 3.78. The first-order chi connectivity index (χ1) is 8.20. The van der Waals surface area contributed by atoms with Crippen LogP contribution in [0.15, 0.2) is 18.2 Å². The molecule has 1 heterocycles. The third kappa shape index (κ3) is 2.52. The van der Waals surface area contributed by atoms with Crippen LogP contribution in [0, 0.1) is 21.4 Å². The monoisotopic (exact) mass is 233 g/mol. The van der Waals surface area contributed by atoms with Gasteiger partial charge in [-0.25, -0.2) is 0 Å². The largest absolute Gasteiger partial charge is 0.482 e. The Morgan fingerprint density at radius 3 is 3.00 bits per heavy atom. The first-order valence-electron chi connectivity index (χ1n) is 5.26. The molecule has 6 nitrogen and oxygen atoms in total. The summed E-state index contributed by atoms with van der Waals surface area (Å²) in [7, 11) is 0. The molecule has 1 unspecified atom stereocenters. The SMILES string of the molecule is N#Cc1ccc(OC2CCNC2)c([N+](=O)[O-])c1. The molecule has 0 spiro atoms. The predicted octanol–water partition coefficient (Wildman–Crippen LogP) is 1.21. The number of rotatable bonds is 3. The van der Waals surface area contributed by atoms with E-state index in [2.05, 4.69) is 5.32 Å². The number of nitro groups is 1. The zero-order valence-corrected chi connectivity index (χ0v) is 9.05. The van der Waals surface area contributed by atoms with Crippen molar-refractivity contribution >= 4 is 5.69 Å². The molecular weight excluding hydrogens is 222 g/mol. The third-order valence-corrected chi connectivity index (χ3v) is 2.59. The molecule has 0 aliphatic carbocycles. The highest BCUT2D eigenvalue weighted by atomic mass is 16.6. The second-order valence-electron chi connectivity index (χ2n) is 3.78. The minimum Gasteiger partial charge on any atom is -0.482 e. The highest BCUT2D eigenvalue weighted by Crippen LogP contribution is 2.29. The Balaban J connectivity index is 2.26. The van der Waals surface area contributed by atoms with Gasteiger partial charge >= 0.3 is 5.69 Å². The third-order valence-electron chi connectivity index (χ3n) is 2.59. The molecule has 0 amide bonds. The average molecular weight is 233 g/mol. The molecule has 0 saturated carbocycles. The van der Waals surface area contributed by atoms with Crippen LogP contribution in [0.1, 0.15) is 12.0 Å². The highest BCUT2D eigenvalue weighted by molar-refractivity contribution is 5.51. The fourth-order valence-electron chi connectivity index (χ4n) is 1.74. The molecule has 17 heavy (non-hydrogen) atoms. The molecule has 1 aliphatic heterocycles. The molecule has 0 radical (unpaired) electrons. The van der Waals surface area contributed by atoms with Crippen molar-refractivity contribution in [2.45, 2.75) is 12.5 Å². The van der Waals surface area contributed by atoms with Gasteiger partial charge in [0.15, 0.2) is 5.75 Å². The molecule has 0 aromatic heterocycles. The number of ether oxygens (including phenoxy) is 1. The number of hydrogen-bond donors (Lipinski definition) is 1. The van der Waals surface area contributed by atoms with E-state index in [-0.39, 0.29) is 23.1 Å². The lowest BCUT2D eigenvalue weighted by Crippen LogP contribution is -2.20. The van der Waals surface area contributed by atoms with Crippen LogP contribution in [0.2, 0.25) is 0 Å². The zero-order chi connectivity index (χ0) is 12.3. The van der Waals surface area contributed by atoms with Gasteiger partial charge in [0.2, 0.25) is 0 Å². The highest BCUT2D eigenvalue weighted by Gasteiger charge is 2.22. The summed E-state index contributed by atoms with van der Waals surface area (Å²) in [6, 6.07) is 6.10. The second kappa shape index (κ2) is 4.80. The van der Waals surface area contributed by atoms with Crippen LogP contribution in [-0.2, 0) is 0 Å². The maximum absolute atomic E-state index is 10.9. The summed E-state index contributed by atoms with van der Waals surface area (Å²) in [6.45, 7) is 1.55. The molecule has 1 fully saturated rings. The Hall–Kier alpha value is -2.13. The van der Waals surface area contributed by atoms with Gasteiger partial charge in [-0.3, -0.25) is 10.1 Å². The fraction of sp³-hybridized carbons (Fsp3) is 0.364. The van der Waals surface area contributed by atoms with Crippen LogP contribution in [-0.4, -0.2) is 24.1 Å². The van der Waals surface area contributed by atoms with Crippen LogP contribution < -0.4 is 10.1 Å². The van der Waals surface area contributed by atoms with Crippen LogP contribution in [0.5, 0.6) is 5.75 Å². The average Bonchev–Trinajstić information content (AvgIpc) is 2.82. The molecule has 6 heteroatoms. The first kappa shape index (κ1) is 11.4. The summed E-state index contributed by atoms with van der Waals surface area (Å²) >= 11 is 0. The van der Waals surface area contributed by atoms with Gasteiger partial charge in [0.1, 0.15) is 6.10 Å². The standard InChI is InChI=1S/C11H11N3O3/c12-6-8-1-2-11(10(5-8)14(15)16)17-9-3-4-13-7-9/h1-2,5,9,13H,3-4,7H2. The molecule has 1 aliphatic rings. The van der Waals surface area contributed by atoms with E-state index in [1.54, 1.807) is 0 Å². The summed E-state index contributed by atoms with van der Waals surface area (Å²) in [5.74, 6) is 0.225. The maximum atomic E-state index is 10.9. The summed E-state index contributed by atoms with van der Waals surface area (Å²) in [5.41, 5.74) is 0.101. The quantitative estimate of drug-likeness (QED) is 0.626. The lowest BCUT2D eigenvalue weighted by atomic mass is 10.2. The molecule has 1 aromatic rings. The topological polar surface area (TPSA) is 88.2 Å². The summed E-state index contributed by atoms with van der Waals surface area (Å²) in [6.07, 6.45) is 0.790. The van der Waals surface area contributed by atoms with Crippen LogP contribution >= 0.6 is 0 Å². The van der Waals surface area contributed by atoms with E-state index < -0.39 is 4.92 Å². The molecule has 1 N–H and O–H groups in total. The molecular formula is C11H11N3O3. The van der Waals surface area contributed by atoms with Crippen molar-refractivity contribution in [1.82, 2.24) is 5.32 Å². The Labute approximate surface area is 98.0 Å². The smallest absolute Gasteiger partial charge is 0.312 e. The van der Waals surface area contributed by atoms with Crippen molar-refractivity contribution < 1.29 is 9.66 Å². The van der Waals surface area contributed by atoms with Gasteiger partial charge in [0.05, 0.1) is 16.6 Å². The minimum atomic E-state index is -0.529. The van der Waals surface area contributed by atoms with Crippen LogP contribution in [0.4, 0.5) is 5.69 Å². The van der Waals surface area contributed by atoms with Crippen molar-refractivity contribution in [2.75, 3.05) is 13.1 Å². The predicted molar refractivity (Wildman–Crippen MR) is 59.7 cm³/mol. The lowest BCUT2D eigenvalue weighted by Gasteiger charge is -2.12. The van der Waals surface area contributed by atoms with E-state index in [0.29, 0.717) is 6.54 Å². The summed E-state index contributed by atoms with van der Waals surface area (Å²) in [4.78, 5) is 10.3. The Morgan fingerprint density at radius 1 is 1.59 bits per heavy atom. The molecule has 2 rings (SSSR count). The first-order valence-corrected chi connectivity index (χ1v) is 5.26. The zero-order valence-electron chi connectivity index (χ0n) is 9.05. The van der Waals surface area contributed by atoms with Crippen molar-refractivity contribution in [3.8, 4) is 11.8 Å². The maximum Gasteiger partial charge on any atom is 0.312 e. The molecule has 1 atom stereocenters. The van der Waals surface area contributed by atoms with E-state index in [0.717, 1.165) is 13.0 Å².